The monoisotopic (exact) mass is 348 g/mol. The molecular formula is C19H20N6O. The van der Waals surface area contributed by atoms with Crippen LogP contribution in [0.15, 0.2) is 55.2 Å². The molecule has 1 atom stereocenters. The smallest absolute Gasteiger partial charge is 0.263 e. The number of benzene rings is 1. The first-order valence-electron chi connectivity index (χ1n) is 8.71. The van der Waals surface area contributed by atoms with E-state index in [1.165, 1.54) is 12.7 Å². The summed E-state index contributed by atoms with van der Waals surface area (Å²) in [6.45, 7) is 1.85. The lowest BCUT2D eigenvalue weighted by molar-refractivity contribution is 0.462. The van der Waals surface area contributed by atoms with Crippen LogP contribution in [0.2, 0.25) is 0 Å². The van der Waals surface area contributed by atoms with Crippen molar-refractivity contribution in [1.29, 1.82) is 0 Å². The van der Waals surface area contributed by atoms with Crippen molar-refractivity contribution in [2.24, 2.45) is 0 Å². The molecule has 1 aliphatic rings. The molecule has 0 amide bonds. The van der Waals surface area contributed by atoms with E-state index in [-0.39, 0.29) is 0 Å². The summed E-state index contributed by atoms with van der Waals surface area (Å²) in [6.07, 6.45) is 8.98. The highest BCUT2D eigenvalue weighted by Crippen LogP contribution is 2.28. The van der Waals surface area contributed by atoms with E-state index in [9.17, 15) is 0 Å². The number of rotatable bonds is 6. The standard InChI is InChI=1S/C19H20N6O/c1-2-6-16(7-3-1)26-19-18(23-11-15-5-4-8-22-15)24-12-17(25-19)14-9-20-13-21-10-14/h1-3,6-7,9-10,12-13,15,22H,4-5,8,11H2,(H,23,24)/t15-/m0/s1. The fraction of sp³-hybridized carbons (Fsp3) is 0.263. The molecule has 1 aliphatic heterocycles. The van der Waals surface area contributed by atoms with E-state index in [1.54, 1.807) is 18.6 Å². The summed E-state index contributed by atoms with van der Waals surface area (Å²) in [7, 11) is 0. The minimum absolute atomic E-state index is 0.440. The summed E-state index contributed by atoms with van der Waals surface area (Å²) in [4.78, 5) is 17.3. The number of ether oxygens (including phenoxy) is 1. The van der Waals surface area contributed by atoms with Crippen LogP contribution >= 0.6 is 0 Å². The Morgan fingerprint density at radius 3 is 2.73 bits per heavy atom. The molecule has 0 radical (unpaired) electrons. The van der Waals surface area contributed by atoms with E-state index in [4.69, 9.17) is 4.74 Å². The van der Waals surface area contributed by atoms with E-state index in [2.05, 4.69) is 30.6 Å². The van der Waals surface area contributed by atoms with Gasteiger partial charge < -0.3 is 15.4 Å². The van der Waals surface area contributed by atoms with Gasteiger partial charge in [0.2, 0.25) is 0 Å². The molecule has 1 aromatic carbocycles. The molecule has 0 aliphatic carbocycles. The molecule has 3 aromatic rings. The zero-order valence-electron chi connectivity index (χ0n) is 14.3. The predicted molar refractivity (Wildman–Crippen MR) is 99.1 cm³/mol. The average Bonchev–Trinajstić information content (AvgIpc) is 3.22. The van der Waals surface area contributed by atoms with Crippen LogP contribution in [-0.4, -0.2) is 39.1 Å². The van der Waals surface area contributed by atoms with Gasteiger partial charge >= 0.3 is 0 Å². The molecule has 1 saturated heterocycles. The number of anilines is 1. The van der Waals surface area contributed by atoms with Crippen molar-refractivity contribution in [3.63, 3.8) is 0 Å². The number of hydrogen-bond acceptors (Lipinski definition) is 7. The maximum atomic E-state index is 5.99. The molecule has 7 nitrogen and oxygen atoms in total. The van der Waals surface area contributed by atoms with Crippen LogP contribution in [0.1, 0.15) is 12.8 Å². The number of aromatic nitrogens is 4. The van der Waals surface area contributed by atoms with E-state index in [1.807, 2.05) is 30.3 Å². The van der Waals surface area contributed by atoms with Gasteiger partial charge in [-0.3, -0.25) is 0 Å². The summed E-state index contributed by atoms with van der Waals surface area (Å²) >= 11 is 0. The average molecular weight is 348 g/mol. The molecule has 0 saturated carbocycles. The van der Waals surface area contributed by atoms with Gasteiger partial charge in [-0.2, -0.15) is 0 Å². The third-order valence-corrected chi connectivity index (χ3v) is 4.23. The van der Waals surface area contributed by atoms with E-state index < -0.39 is 0 Å². The van der Waals surface area contributed by atoms with Gasteiger partial charge in [0.05, 0.1) is 11.9 Å². The van der Waals surface area contributed by atoms with Crippen LogP contribution in [0, 0.1) is 0 Å². The molecule has 2 aromatic heterocycles. The normalized spacial score (nSPS) is 16.4. The molecule has 4 rings (SSSR count). The van der Waals surface area contributed by atoms with Crippen molar-refractivity contribution >= 4 is 5.82 Å². The predicted octanol–water partition coefficient (Wildman–Crippen LogP) is 2.89. The van der Waals surface area contributed by atoms with Gasteiger partial charge in [-0.05, 0) is 31.5 Å². The molecular weight excluding hydrogens is 328 g/mol. The van der Waals surface area contributed by atoms with Crippen LogP contribution in [0.25, 0.3) is 11.3 Å². The zero-order valence-corrected chi connectivity index (χ0v) is 14.3. The maximum Gasteiger partial charge on any atom is 0.263 e. The lowest BCUT2D eigenvalue weighted by Crippen LogP contribution is -2.29. The Kier molecular flexibility index (Phi) is 4.97. The Bertz CT molecular complexity index is 837. The quantitative estimate of drug-likeness (QED) is 0.708. The van der Waals surface area contributed by atoms with Crippen molar-refractivity contribution in [1.82, 2.24) is 25.3 Å². The van der Waals surface area contributed by atoms with Crippen LogP contribution in [0.3, 0.4) is 0 Å². The van der Waals surface area contributed by atoms with Crippen LogP contribution in [0.4, 0.5) is 5.82 Å². The molecule has 1 fully saturated rings. The van der Waals surface area contributed by atoms with Gasteiger partial charge in [0.25, 0.3) is 5.88 Å². The minimum atomic E-state index is 0.440. The molecule has 3 heterocycles. The molecule has 2 N–H and O–H groups in total. The second kappa shape index (κ2) is 7.88. The van der Waals surface area contributed by atoms with Gasteiger partial charge in [-0.25, -0.2) is 19.9 Å². The highest BCUT2D eigenvalue weighted by atomic mass is 16.5. The third kappa shape index (κ3) is 3.94. The lowest BCUT2D eigenvalue weighted by atomic mass is 10.2. The van der Waals surface area contributed by atoms with Crippen molar-refractivity contribution in [2.75, 3.05) is 18.4 Å². The number of nitrogens with zero attached hydrogens (tertiary/aromatic N) is 4. The van der Waals surface area contributed by atoms with Crippen molar-refractivity contribution in [2.45, 2.75) is 18.9 Å². The summed E-state index contributed by atoms with van der Waals surface area (Å²) in [5.74, 6) is 1.78. The van der Waals surface area contributed by atoms with Gasteiger partial charge in [0.1, 0.15) is 12.1 Å². The first-order valence-corrected chi connectivity index (χ1v) is 8.71. The lowest BCUT2D eigenvalue weighted by Gasteiger charge is -2.15. The highest BCUT2D eigenvalue weighted by molar-refractivity contribution is 5.60. The van der Waals surface area contributed by atoms with Gasteiger partial charge in [0.15, 0.2) is 5.82 Å². The first-order chi connectivity index (χ1) is 12.9. The van der Waals surface area contributed by atoms with E-state index in [0.717, 1.165) is 25.1 Å². The second-order valence-electron chi connectivity index (χ2n) is 6.13. The van der Waals surface area contributed by atoms with Gasteiger partial charge in [0, 0.05) is 30.5 Å². The highest BCUT2D eigenvalue weighted by Gasteiger charge is 2.16. The molecule has 0 spiro atoms. The zero-order chi connectivity index (χ0) is 17.6. The summed E-state index contributed by atoms with van der Waals surface area (Å²) < 4.78 is 5.99. The van der Waals surface area contributed by atoms with Gasteiger partial charge in [-0.15, -0.1) is 0 Å². The Morgan fingerprint density at radius 1 is 1.12 bits per heavy atom. The Balaban J connectivity index is 1.61. The topological polar surface area (TPSA) is 84.9 Å². The fourth-order valence-corrected chi connectivity index (χ4v) is 2.89. The molecule has 0 unspecified atom stereocenters. The fourth-order valence-electron chi connectivity index (χ4n) is 2.89. The summed E-state index contributed by atoms with van der Waals surface area (Å²) in [5.41, 5.74) is 1.46. The summed E-state index contributed by atoms with van der Waals surface area (Å²) in [5, 5.41) is 6.83. The Labute approximate surface area is 151 Å². The van der Waals surface area contributed by atoms with E-state index in [0.29, 0.717) is 29.2 Å². The van der Waals surface area contributed by atoms with Crippen molar-refractivity contribution in [3.05, 3.63) is 55.2 Å². The van der Waals surface area contributed by atoms with Crippen LogP contribution < -0.4 is 15.4 Å². The molecule has 26 heavy (non-hydrogen) atoms. The van der Waals surface area contributed by atoms with Crippen LogP contribution in [-0.2, 0) is 0 Å². The van der Waals surface area contributed by atoms with E-state index >= 15 is 0 Å². The second-order valence-corrected chi connectivity index (χ2v) is 6.13. The van der Waals surface area contributed by atoms with Gasteiger partial charge in [-0.1, -0.05) is 18.2 Å². The summed E-state index contributed by atoms with van der Waals surface area (Å²) in [6, 6.07) is 10.0. The SMILES string of the molecule is c1ccc(Oc2nc(-c3cncnc3)cnc2NC[C@@H]2CCCN2)cc1. The molecule has 0 bridgehead atoms. The molecule has 7 heteroatoms. The first kappa shape index (κ1) is 16.4. The van der Waals surface area contributed by atoms with Crippen LogP contribution in [0.5, 0.6) is 11.6 Å². The maximum absolute atomic E-state index is 5.99. The minimum Gasteiger partial charge on any atom is -0.436 e. The number of para-hydroxylation sites is 1. The number of nitrogens with one attached hydrogen (secondary N) is 2. The Morgan fingerprint density at radius 2 is 1.96 bits per heavy atom. The third-order valence-electron chi connectivity index (χ3n) is 4.23. The van der Waals surface area contributed by atoms with Crippen molar-refractivity contribution < 1.29 is 4.74 Å². The number of hydrogen-bond donors (Lipinski definition) is 2. The van der Waals surface area contributed by atoms with Crippen molar-refractivity contribution in [3.8, 4) is 22.9 Å². The molecule has 132 valence electrons. The Hall–Kier alpha value is -3.06. The largest absolute Gasteiger partial charge is 0.436 e.